The van der Waals surface area contributed by atoms with Gasteiger partial charge in [-0.15, -0.1) is 0 Å². The largest absolute Gasteiger partial charge is 0.492 e. The highest BCUT2D eigenvalue weighted by molar-refractivity contribution is 5.93. The quantitative estimate of drug-likeness (QED) is 0.641. The second-order valence-electron chi connectivity index (χ2n) is 5.75. The molecule has 0 fully saturated rings. The summed E-state index contributed by atoms with van der Waals surface area (Å²) < 4.78 is 5.66. The zero-order chi connectivity index (χ0) is 18.4. The van der Waals surface area contributed by atoms with Crippen LogP contribution in [0.1, 0.15) is 16.1 Å². The minimum atomic E-state index is -0.456. The fourth-order valence-electron chi connectivity index (χ4n) is 2.44. The van der Waals surface area contributed by atoms with Crippen molar-refractivity contribution in [2.75, 3.05) is 18.5 Å². The summed E-state index contributed by atoms with van der Waals surface area (Å²) in [6, 6.07) is 18.5. The molecule has 26 heavy (non-hydrogen) atoms. The second-order valence-corrected chi connectivity index (χ2v) is 5.75. The maximum absolute atomic E-state index is 11.2. The molecule has 0 bridgehead atoms. The third-order valence-electron chi connectivity index (χ3n) is 3.70. The molecule has 0 unspecified atom stereocenters. The number of hydrogen-bond donors (Lipinski definition) is 2. The molecule has 0 spiro atoms. The molecule has 1 aromatic heterocycles. The second kappa shape index (κ2) is 8.11. The Morgan fingerprint density at radius 3 is 2.50 bits per heavy atom. The van der Waals surface area contributed by atoms with Crippen molar-refractivity contribution in [2.24, 2.45) is 5.73 Å². The zero-order valence-electron chi connectivity index (χ0n) is 14.5. The molecule has 1 amide bonds. The lowest BCUT2D eigenvalue weighted by atomic mass is 10.1. The van der Waals surface area contributed by atoms with E-state index in [-0.39, 0.29) is 0 Å². The molecule has 6 heteroatoms. The number of aromatic nitrogens is 2. The Labute approximate surface area is 152 Å². The SMILES string of the molecule is Cc1cc(NCCOc2ccccc2)nc(-c2ccc(C(N)=O)cc2)n1. The van der Waals surface area contributed by atoms with E-state index < -0.39 is 5.91 Å². The van der Waals surface area contributed by atoms with E-state index in [1.807, 2.05) is 43.3 Å². The third kappa shape index (κ3) is 4.57. The van der Waals surface area contributed by atoms with Crippen LogP contribution in [0.5, 0.6) is 5.75 Å². The van der Waals surface area contributed by atoms with Crippen molar-refractivity contribution in [3.63, 3.8) is 0 Å². The highest BCUT2D eigenvalue weighted by Crippen LogP contribution is 2.18. The van der Waals surface area contributed by atoms with Crippen molar-refractivity contribution in [1.29, 1.82) is 0 Å². The highest BCUT2D eigenvalue weighted by atomic mass is 16.5. The van der Waals surface area contributed by atoms with Gasteiger partial charge in [0.25, 0.3) is 0 Å². The first-order chi connectivity index (χ1) is 12.6. The number of hydrogen-bond acceptors (Lipinski definition) is 5. The van der Waals surface area contributed by atoms with E-state index in [0.29, 0.717) is 24.5 Å². The third-order valence-corrected chi connectivity index (χ3v) is 3.70. The number of primary amides is 1. The Hall–Kier alpha value is -3.41. The standard InChI is InChI=1S/C20H20N4O2/c1-14-13-18(22-11-12-26-17-5-3-2-4-6-17)24-20(23-14)16-9-7-15(8-10-16)19(21)25/h2-10,13H,11-12H2,1H3,(H2,21,25)(H,22,23,24). The number of aryl methyl sites for hydroxylation is 1. The zero-order valence-corrected chi connectivity index (χ0v) is 14.5. The van der Waals surface area contributed by atoms with Gasteiger partial charge in [-0.2, -0.15) is 0 Å². The number of benzene rings is 2. The molecule has 0 aliphatic rings. The Bertz CT molecular complexity index is 880. The van der Waals surface area contributed by atoms with E-state index >= 15 is 0 Å². The van der Waals surface area contributed by atoms with Crippen molar-refractivity contribution in [3.05, 3.63) is 71.9 Å². The fraction of sp³-hybridized carbons (Fsp3) is 0.150. The smallest absolute Gasteiger partial charge is 0.248 e. The van der Waals surface area contributed by atoms with Gasteiger partial charge in [0, 0.05) is 22.9 Å². The number of carbonyl (C=O) groups excluding carboxylic acids is 1. The average molecular weight is 348 g/mol. The van der Waals surface area contributed by atoms with Crippen molar-refractivity contribution in [3.8, 4) is 17.1 Å². The summed E-state index contributed by atoms with van der Waals surface area (Å²) >= 11 is 0. The number of ether oxygens (including phenoxy) is 1. The summed E-state index contributed by atoms with van der Waals surface area (Å²) in [5.41, 5.74) is 7.39. The van der Waals surface area contributed by atoms with Crippen LogP contribution in [0.3, 0.4) is 0 Å². The average Bonchev–Trinajstić information content (AvgIpc) is 2.66. The molecule has 2 aromatic carbocycles. The van der Waals surface area contributed by atoms with Crippen LogP contribution in [0.25, 0.3) is 11.4 Å². The molecule has 0 atom stereocenters. The van der Waals surface area contributed by atoms with Gasteiger partial charge in [-0.25, -0.2) is 9.97 Å². The molecule has 0 aliphatic carbocycles. The van der Waals surface area contributed by atoms with Crippen LogP contribution in [0.4, 0.5) is 5.82 Å². The Balaban J connectivity index is 1.64. The number of rotatable bonds is 7. The van der Waals surface area contributed by atoms with Crippen LogP contribution in [0.2, 0.25) is 0 Å². The minimum Gasteiger partial charge on any atom is -0.492 e. The van der Waals surface area contributed by atoms with E-state index in [0.717, 1.165) is 22.8 Å². The molecule has 3 N–H and O–H groups in total. The van der Waals surface area contributed by atoms with Crippen LogP contribution in [0, 0.1) is 6.92 Å². The lowest BCUT2D eigenvalue weighted by molar-refractivity contribution is 0.100. The Morgan fingerprint density at radius 1 is 1.08 bits per heavy atom. The fourth-order valence-corrected chi connectivity index (χ4v) is 2.44. The first-order valence-corrected chi connectivity index (χ1v) is 8.29. The van der Waals surface area contributed by atoms with E-state index in [1.54, 1.807) is 24.3 Å². The molecular formula is C20H20N4O2. The van der Waals surface area contributed by atoms with Crippen molar-refractivity contribution >= 4 is 11.7 Å². The number of carbonyl (C=O) groups is 1. The Morgan fingerprint density at radius 2 is 1.81 bits per heavy atom. The van der Waals surface area contributed by atoms with E-state index in [2.05, 4.69) is 15.3 Å². The topological polar surface area (TPSA) is 90.1 Å². The number of para-hydroxylation sites is 1. The molecule has 0 saturated heterocycles. The Kier molecular flexibility index (Phi) is 5.43. The molecule has 0 aliphatic heterocycles. The summed E-state index contributed by atoms with van der Waals surface area (Å²) in [6.07, 6.45) is 0. The molecule has 3 rings (SSSR count). The molecule has 6 nitrogen and oxygen atoms in total. The summed E-state index contributed by atoms with van der Waals surface area (Å²) in [6.45, 7) is 3.05. The monoisotopic (exact) mass is 348 g/mol. The molecule has 3 aromatic rings. The van der Waals surface area contributed by atoms with Crippen molar-refractivity contribution < 1.29 is 9.53 Å². The van der Waals surface area contributed by atoms with E-state index in [1.165, 1.54) is 0 Å². The normalized spacial score (nSPS) is 10.3. The number of nitrogens with zero attached hydrogens (tertiary/aromatic N) is 2. The number of anilines is 1. The molecule has 0 saturated carbocycles. The first-order valence-electron chi connectivity index (χ1n) is 8.29. The van der Waals surface area contributed by atoms with Crippen LogP contribution in [0.15, 0.2) is 60.7 Å². The van der Waals surface area contributed by atoms with Gasteiger partial charge in [-0.05, 0) is 31.2 Å². The molecule has 0 radical (unpaired) electrons. The molecular weight excluding hydrogens is 328 g/mol. The molecule has 132 valence electrons. The van der Waals surface area contributed by atoms with E-state index in [4.69, 9.17) is 10.5 Å². The van der Waals surface area contributed by atoms with Gasteiger partial charge in [-0.1, -0.05) is 30.3 Å². The van der Waals surface area contributed by atoms with Crippen molar-refractivity contribution in [2.45, 2.75) is 6.92 Å². The predicted octanol–water partition coefficient (Wildman–Crippen LogP) is 3.04. The summed E-state index contributed by atoms with van der Waals surface area (Å²) in [7, 11) is 0. The first kappa shape index (κ1) is 17.4. The number of nitrogens with one attached hydrogen (secondary N) is 1. The van der Waals surface area contributed by atoms with Gasteiger partial charge < -0.3 is 15.8 Å². The summed E-state index contributed by atoms with van der Waals surface area (Å²) in [4.78, 5) is 20.2. The van der Waals surface area contributed by atoms with Gasteiger partial charge >= 0.3 is 0 Å². The summed E-state index contributed by atoms with van der Waals surface area (Å²) in [5, 5.41) is 3.25. The maximum atomic E-state index is 11.2. The number of nitrogens with two attached hydrogens (primary N) is 1. The number of amides is 1. The van der Waals surface area contributed by atoms with Crippen LogP contribution in [-0.4, -0.2) is 29.0 Å². The van der Waals surface area contributed by atoms with Gasteiger partial charge in [0.1, 0.15) is 18.2 Å². The summed E-state index contributed by atoms with van der Waals surface area (Å²) in [5.74, 6) is 1.70. The lowest BCUT2D eigenvalue weighted by Gasteiger charge is -2.10. The van der Waals surface area contributed by atoms with Crippen LogP contribution < -0.4 is 15.8 Å². The highest BCUT2D eigenvalue weighted by Gasteiger charge is 2.07. The van der Waals surface area contributed by atoms with Gasteiger partial charge in [0.15, 0.2) is 5.82 Å². The van der Waals surface area contributed by atoms with Gasteiger partial charge in [0.05, 0.1) is 6.54 Å². The van der Waals surface area contributed by atoms with Gasteiger partial charge in [-0.3, -0.25) is 4.79 Å². The maximum Gasteiger partial charge on any atom is 0.248 e. The van der Waals surface area contributed by atoms with Crippen LogP contribution >= 0.6 is 0 Å². The lowest BCUT2D eigenvalue weighted by Crippen LogP contribution is -2.13. The predicted molar refractivity (Wildman–Crippen MR) is 101 cm³/mol. The van der Waals surface area contributed by atoms with E-state index in [9.17, 15) is 4.79 Å². The van der Waals surface area contributed by atoms with Crippen LogP contribution in [-0.2, 0) is 0 Å². The minimum absolute atomic E-state index is 0.456. The van der Waals surface area contributed by atoms with Gasteiger partial charge in [0.2, 0.25) is 5.91 Å². The molecule has 1 heterocycles. The van der Waals surface area contributed by atoms with Crippen molar-refractivity contribution in [1.82, 2.24) is 9.97 Å².